The van der Waals surface area contributed by atoms with Crippen LogP contribution in [0.15, 0.2) is 18.2 Å². The predicted molar refractivity (Wildman–Crippen MR) is 124 cm³/mol. The molecule has 5 nitrogen and oxygen atoms in total. The van der Waals surface area contributed by atoms with E-state index in [1.807, 2.05) is 12.1 Å². The smallest absolute Gasteiger partial charge is 0.306 e. The van der Waals surface area contributed by atoms with E-state index in [1.165, 1.54) is 11.1 Å². The second-order valence-electron chi connectivity index (χ2n) is 10.5. The monoisotopic (exact) mass is 441 g/mol. The molecule has 176 valence electrons. The first-order chi connectivity index (χ1) is 15.4. The van der Waals surface area contributed by atoms with E-state index in [-0.39, 0.29) is 36.2 Å². The number of amides is 1. The Labute approximate surface area is 192 Å². The van der Waals surface area contributed by atoms with Gasteiger partial charge in [0.1, 0.15) is 11.9 Å². The Morgan fingerprint density at radius 3 is 2.81 bits per heavy atom. The second kappa shape index (κ2) is 9.84. The van der Waals surface area contributed by atoms with Crippen LogP contribution < -0.4 is 5.32 Å². The summed E-state index contributed by atoms with van der Waals surface area (Å²) in [5.41, 5.74) is 2.77. The SMILES string of the molecule is CCCCCNC(=O)CCC(=O)OC1CCC2C3CCc4cc(O)ccc4C3CCC12C. The Kier molecular flexibility index (Phi) is 7.11. The van der Waals surface area contributed by atoms with Crippen LogP contribution in [-0.4, -0.2) is 29.6 Å². The number of nitrogens with one attached hydrogen (secondary N) is 1. The van der Waals surface area contributed by atoms with Crippen LogP contribution in [-0.2, 0) is 20.7 Å². The number of hydrogen-bond donors (Lipinski definition) is 2. The number of hydrogen-bond acceptors (Lipinski definition) is 4. The average molecular weight is 442 g/mol. The molecule has 0 aliphatic heterocycles. The Hall–Kier alpha value is -2.04. The molecule has 0 heterocycles. The van der Waals surface area contributed by atoms with Gasteiger partial charge in [-0.25, -0.2) is 0 Å². The zero-order valence-corrected chi connectivity index (χ0v) is 19.7. The summed E-state index contributed by atoms with van der Waals surface area (Å²) >= 11 is 0. The zero-order valence-electron chi connectivity index (χ0n) is 19.7. The fourth-order valence-electron chi connectivity index (χ4n) is 6.84. The lowest BCUT2D eigenvalue weighted by atomic mass is 9.55. The number of phenols is 1. The van der Waals surface area contributed by atoms with Crippen LogP contribution in [0.3, 0.4) is 0 Å². The highest BCUT2D eigenvalue weighted by molar-refractivity contribution is 5.81. The number of carbonyl (C=O) groups is 2. The van der Waals surface area contributed by atoms with Gasteiger partial charge in [-0.05, 0) is 86.0 Å². The van der Waals surface area contributed by atoms with Crippen LogP contribution in [0.5, 0.6) is 5.75 Å². The average Bonchev–Trinajstić information content (AvgIpc) is 3.11. The van der Waals surface area contributed by atoms with Crippen LogP contribution >= 0.6 is 0 Å². The first-order valence-corrected chi connectivity index (χ1v) is 12.7. The lowest BCUT2D eigenvalue weighted by Gasteiger charge is -2.50. The van der Waals surface area contributed by atoms with Crippen LogP contribution in [0, 0.1) is 17.3 Å². The van der Waals surface area contributed by atoms with E-state index in [0.717, 1.165) is 57.8 Å². The van der Waals surface area contributed by atoms with E-state index in [0.29, 0.717) is 30.0 Å². The number of fused-ring (bicyclic) bond motifs is 5. The Morgan fingerprint density at radius 2 is 2.00 bits per heavy atom. The summed E-state index contributed by atoms with van der Waals surface area (Å²) in [6.45, 7) is 5.15. The van der Waals surface area contributed by atoms with Gasteiger partial charge in [0.05, 0.1) is 6.42 Å². The molecular formula is C27H39NO4. The lowest BCUT2D eigenvalue weighted by molar-refractivity contribution is -0.158. The largest absolute Gasteiger partial charge is 0.508 e. The number of unbranched alkanes of at least 4 members (excludes halogenated alkanes) is 2. The minimum absolute atomic E-state index is 0.0326. The van der Waals surface area contributed by atoms with Crippen molar-refractivity contribution in [2.75, 3.05) is 6.54 Å². The first kappa shape index (κ1) is 23.1. The van der Waals surface area contributed by atoms with Crippen molar-refractivity contribution in [1.82, 2.24) is 5.32 Å². The van der Waals surface area contributed by atoms with Crippen molar-refractivity contribution in [2.24, 2.45) is 17.3 Å². The molecule has 0 spiro atoms. The Balaban J connectivity index is 1.31. The molecule has 5 atom stereocenters. The van der Waals surface area contributed by atoms with Crippen LogP contribution in [0.2, 0.25) is 0 Å². The van der Waals surface area contributed by atoms with Crippen molar-refractivity contribution in [1.29, 1.82) is 0 Å². The van der Waals surface area contributed by atoms with E-state index in [1.54, 1.807) is 0 Å². The highest BCUT2D eigenvalue weighted by Gasteiger charge is 2.56. The van der Waals surface area contributed by atoms with E-state index in [2.05, 4.69) is 25.2 Å². The summed E-state index contributed by atoms with van der Waals surface area (Å²) in [6.07, 6.45) is 9.97. The molecule has 0 bridgehead atoms. The fourth-order valence-corrected chi connectivity index (χ4v) is 6.84. The number of carbonyl (C=O) groups excluding carboxylic acids is 2. The van der Waals surface area contributed by atoms with Gasteiger partial charge in [0.2, 0.25) is 5.91 Å². The number of aromatic hydroxyl groups is 1. The molecule has 2 fully saturated rings. The molecule has 1 aromatic carbocycles. The topological polar surface area (TPSA) is 75.6 Å². The van der Waals surface area contributed by atoms with Gasteiger partial charge in [0, 0.05) is 18.4 Å². The molecule has 3 aliphatic carbocycles. The van der Waals surface area contributed by atoms with Crippen molar-refractivity contribution in [3.8, 4) is 5.75 Å². The third-order valence-corrected chi connectivity index (χ3v) is 8.56. The minimum Gasteiger partial charge on any atom is -0.508 e. The summed E-state index contributed by atoms with van der Waals surface area (Å²) < 4.78 is 5.99. The molecule has 5 heteroatoms. The standard InChI is InChI=1S/C27H39NO4/c1-3-4-5-16-28-25(30)12-13-26(31)32-24-11-10-23-22-8-6-18-17-19(29)7-9-20(18)21(22)14-15-27(23,24)2/h7,9,17,21-24,29H,3-6,8,10-16H2,1-2H3,(H,28,30). The summed E-state index contributed by atoms with van der Waals surface area (Å²) in [5.74, 6) is 1.84. The molecule has 1 amide bonds. The maximum Gasteiger partial charge on any atom is 0.306 e. The molecular weight excluding hydrogens is 402 g/mol. The molecule has 5 unspecified atom stereocenters. The summed E-state index contributed by atoms with van der Waals surface area (Å²) in [6, 6.07) is 5.90. The molecule has 0 saturated heterocycles. The van der Waals surface area contributed by atoms with Crippen molar-refractivity contribution in [2.45, 2.75) is 96.5 Å². The van der Waals surface area contributed by atoms with E-state index in [4.69, 9.17) is 4.74 Å². The highest BCUT2D eigenvalue weighted by atomic mass is 16.5. The van der Waals surface area contributed by atoms with Gasteiger partial charge >= 0.3 is 5.97 Å². The Morgan fingerprint density at radius 1 is 1.16 bits per heavy atom. The van der Waals surface area contributed by atoms with Crippen LogP contribution in [0.25, 0.3) is 0 Å². The molecule has 4 rings (SSSR count). The summed E-state index contributed by atoms with van der Waals surface area (Å²) in [4.78, 5) is 24.5. The molecule has 0 aromatic heterocycles. The van der Waals surface area contributed by atoms with Gasteiger partial charge in [0.15, 0.2) is 0 Å². The zero-order chi connectivity index (χ0) is 22.7. The quantitative estimate of drug-likeness (QED) is 0.427. The van der Waals surface area contributed by atoms with Gasteiger partial charge in [-0.2, -0.15) is 0 Å². The van der Waals surface area contributed by atoms with Gasteiger partial charge < -0.3 is 15.2 Å². The highest BCUT2D eigenvalue weighted by Crippen LogP contribution is 2.61. The van der Waals surface area contributed by atoms with E-state index < -0.39 is 0 Å². The van der Waals surface area contributed by atoms with Crippen LogP contribution in [0.1, 0.15) is 95.1 Å². The van der Waals surface area contributed by atoms with Crippen LogP contribution in [0.4, 0.5) is 0 Å². The van der Waals surface area contributed by atoms with Crippen molar-refractivity contribution in [3.05, 3.63) is 29.3 Å². The van der Waals surface area contributed by atoms with E-state index >= 15 is 0 Å². The number of benzene rings is 1. The Bertz CT molecular complexity index is 837. The van der Waals surface area contributed by atoms with Gasteiger partial charge in [0.25, 0.3) is 0 Å². The number of esters is 1. The van der Waals surface area contributed by atoms with Gasteiger partial charge in [-0.3, -0.25) is 9.59 Å². The number of aryl methyl sites for hydroxylation is 1. The first-order valence-electron chi connectivity index (χ1n) is 12.7. The molecule has 2 saturated carbocycles. The summed E-state index contributed by atoms with van der Waals surface area (Å²) in [7, 11) is 0. The lowest BCUT2D eigenvalue weighted by Crippen LogP contribution is -2.45. The third-order valence-electron chi connectivity index (χ3n) is 8.56. The molecule has 1 aromatic rings. The van der Waals surface area contributed by atoms with Gasteiger partial charge in [-0.1, -0.05) is 32.8 Å². The van der Waals surface area contributed by atoms with Crippen molar-refractivity contribution >= 4 is 11.9 Å². The molecule has 0 radical (unpaired) electrons. The van der Waals surface area contributed by atoms with Crippen molar-refractivity contribution in [3.63, 3.8) is 0 Å². The molecule has 3 aliphatic rings. The maximum absolute atomic E-state index is 12.5. The number of ether oxygens (including phenoxy) is 1. The second-order valence-corrected chi connectivity index (χ2v) is 10.5. The number of rotatable bonds is 8. The van der Waals surface area contributed by atoms with Crippen molar-refractivity contribution < 1.29 is 19.4 Å². The van der Waals surface area contributed by atoms with E-state index in [9.17, 15) is 14.7 Å². The minimum atomic E-state index is -0.229. The molecule has 32 heavy (non-hydrogen) atoms. The van der Waals surface area contributed by atoms with Gasteiger partial charge in [-0.15, -0.1) is 0 Å². The number of phenolic OH excluding ortho intramolecular Hbond substituents is 1. The predicted octanol–water partition coefficient (Wildman–Crippen LogP) is 5.25. The third kappa shape index (κ3) is 4.67. The normalized spacial score (nSPS) is 30.7. The molecule has 2 N–H and O–H groups in total. The fraction of sp³-hybridized carbons (Fsp3) is 0.704. The summed E-state index contributed by atoms with van der Waals surface area (Å²) in [5, 5.41) is 12.8. The maximum atomic E-state index is 12.5.